The summed E-state index contributed by atoms with van der Waals surface area (Å²) in [6.07, 6.45) is 13.3. The molecule has 0 atom stereocenters. The SMILES string of the molecule is C=CC[S+](CC=C)C1=CCCC=C1. The Hall–Kier alpha value is -0.690. The fraction of sp³-hybridized carbons (Fsp3) is 0.333. The average Bonchev–Trinajstić information content (AvgIpc) is 2.19. The molecule has 0 fully saturated rings. The van der Waals surface area contributed by atoms with Crippen molar-refractivity contribution in [3.05, 3.63) is 48.4 Å². The molecule has 0 aliphatic heterocycles. The van der Waals surface area contributed by atoms with Gasteiger partial charge in [-0.25, -0.2) is 0 Å². The minimum absolute atomic E-state index is 0.327. The highest BCUT2D eigenvalue weighted by atomic mass is 32.2. The number of allylic oxidation sites excluding steroid dienone is 3. The largest absolute Gasteiger partial charge is 0.151 e. The van der Waals surface area contributed by atoms with Crippen LogP contribution >= 0.6 is 0 Å². The number of rotatable bonds is 5. The van der Waals surface area contributed by atoms with E-state index < -0.39 is 0 Å². The zero-order valence-electron chi connectivity index (χ0n) is 8.04. The lowest BCUT2D eigenvalue weighted by atomic mass is 10.2. The van der Waals surface area contributed by atoms with Crippen molar-refractivity contribution < 1.29 is 0 Å². The van der Waals surface area contributed by atoms with Gasteiger partial charge in [0.1, 0.15) is 11.5 Å². The van der Waals surface area contributed by atoms with Crippen molar-refractivity contribution in [3.63, 3.8) is 0 Å². The topological polar surface area (TPSA) is 0 Å². The van der Waals surface area contributed by atoms with E-state index in [9.17, 15) is 0 Å². The molecule has 1 heteroatoms. The van der Waals surface area contributed by atoms with E-state index in [1.165, 1.54) is 17.7 Å². The zero-order chi connectivity index (χ0) is 9.52. The van der Waals surface area contributed by atoms with Crippen LogP contribution in [-0.2, 0) is 10.9 Å². The maximum atomic E-state index is 3.80. The molecule has 1 rings (SSSR count). The van der Waals surface area contributed by atoms with Crippen LogP contribution in [0.1, 0.15) is 12.8 Å². The molecule has 0 bridgehead atoms. The van der Waals surface area contributed by atoms with E-state index in [0.717, 1.165) is 11.5 Å². The Bertz CT molecular complexity index is 226. The minimum atomic E-state index is 0.327. The molecular weight excluding hydrogens is 176 g/mol. The highest BCUT2D eigenvalue weighted by Crippen LogP contribution is 2.19. The Morgan fingerprint density at radius 1 is 1.23 bits per heavy atom. The molecule has 1 aliphatic rings. The lowest BCUT2D eigenvalue weighted by Gasteiger charge is -2.07. The van der Waals surface area contributed by atoms with Crippen LogP contribution < -0.4 is 0 Å². The number of hydrogen-bond acceptors (Lipinski definition) is 0. The standard InChI is InChI=1S/C12H17S/c1-3-10-13(11-4-2)12-8-6-5-7-9-12/h3-4,6,8-9H,1-2,5,7,10-11H2/q+1. The summed E-state index contributed by atoms with van der Waals surface area (Å²) in [7, 11) is 0.327. The second kappa shape index (κ2) is 5.87. The summed E-state index contributed by atoms with van der Waals surface area (Å²) in [6, 6.07) is 0. The molecule has 0 aromatic carbocycles. The molecule has 0 amide bonds. The van der Waals surface area contributed by atoms with Crippen LogP contribution in [0, 0.1) is 0 Å². The molecule has 0 N–H and O–H groups in total. The van der Waals surface area contributed by atoms with E-state index in [-0.39, 0.29) is 0 Å². The smallest absolute Gasteiger partial charge is 0.0984 e. The molecule has 0 nitrogen and oxygen atoms in total. The summed E-state index contributed by atoms with van der Waals surface area (Å²) >= 11 is 0. The first-order chi connectivity index (χ1) is 6.38. The Morgan fingerprint density at radius 3 is 2.38 bits per heavy atom. The predicted octanol–water partition coefficient (Wildman–Crippen LogP) is 3.21. The Labute approximate surface area is 84.1 Å². The van der Waals surface area contributed by atoms with Gasteiger partial charge < -0.3 is 0 Å². The van der Waals surface area contributed by atoms with E-state index in [0.29, 0.717) is 10.9 Å². The maximum Gasteiger partial charge on any atom is 0.151 e. The molecule has 0 aromatic heterocycles. The molecule has 0 saturated heterocycles. The van der Waals surface area contributed by atoms with Crippen molar-refractivity contribution in [1.82, 2.24) is 0 Å². The quantitative estimate of drug-likeness (QED) is 0.464. The van der Waals surface area contributed by atoms with Crippen LogP contribution in [0.5, 0.6) is 0 Å². The maximum absolute atomic E-state index is 3.80. The van der Waals surface area contributed by atoms with Gasteiger partial charge >= 0.3 is 0 Å². The Morgan fingerprint density at radius 2 is 1.92 bits per heavy atom. The summed E-state index contributed by atoms with van der Waals surface area (Å²) in [4.78, 5) is 1.49. The van der Waals surface area contributed by atoms with Gasteiger partial charge in [-0.2, -0.15) is 0 Å². The number of hydrogen-bond donors (Lipinski definition) is 0. The van der Waals surface area contributed by atoms with E-state index in [4.69, 9.17) is 0 Å². The van der Waals surface area contributed by atoms with Crippen molar-refractivity contribution in [2.75, 3.05) is 11.5 Å². The molecule has 1 aliphatic carbocycles. The van der Waals surface area contributed by atoms with Crippen LogP contribution in [0.15, 0.2) is 48.4 Å². The van der Waals surface area contributed by atoms with E-state index in [1.54, 1.807) is 0 Å². The predicted molar refractivity (Wildman–Crippen MR) is 64.0 cm³/mol. The third kappa shape index (κ3) is 3.27. The molecule has 0 saturated carbocycles. The third-order valence-electron chi connectivity index (χ3n) is 1.93. The average molecular weight is 193 g/mol. The van der Waals surface area contributed by atoms with Gasteiger partial charge in [0.15, 0.2) is 4.91 Å². The monoisotopic (exact) mass is 193 g/mol. The van der Waals surface area contributed by atoms with Gasteiger partial charge in [0.25, 0.3) is 0 Å². The lowest BCUT2D eigenvalue weighted by molar-refractivity contribution is 1.03. The van der Waals surface area contributed by atoms with Crippen LogP contribution in [0.4, 0.5) is 0 Å². The van der Waals surface area contributed by atoms with Gasteiger partial charge in [0.05, 0.1) is 0 Å². The second-order valence-corrected chi connectivity index (χ2v) is 5.11. The van der Waals surface area contributed by atoms with Gasteiger partial charge in [0, 0.05) is 10.9 Å². The Balaban J connectivity index is 2.61. The molecule has 0 heterocycles. The first-order valence-corrected chi connectivity index (χ1v) is 6.20. The first-order valence-electron chi connectivity index (χ1n) is 4.64. The van der Waals surface area contributed by atoms with Crippen LogP contribution in [-0.4, -0.2) is 11.5 Å². The van der Waals surface area contributed by atoms with Crippen LogP contribution in [0.25, 0.3) is 0 Å². The fourth-order valence-electron chi connectivity index (χ4n) is 1.35. The summed E-state index contributed by atoms with van der Waals surface area (Å²) in [6.45, 7) is 7.60. The van der Waals surface area contributed by atoms with Crippen molar-refractivity contribution >= 4 is 10.9 Å². The van der Waals surface area contributed by atoms with Crippen molar-refractivity contribution in [2.24, 2.45) is 0 Å². The third-order valence-corrected chi connectivity index (χ3v) is 4.18. The fourth-order valence-corrected chi connectivity index (χ4v) is 3.08. The summed E-state index contributed by atoms with van der Waals surface area (Å²) in [5.41, 5.74) is 0. The van der Waals surface area contributed by atoms with Crippen LogP contribution in [0.2, 0.25) is 0 Å². The molecule has 0 aromatic rings. The van der Waals surface area contributed by atoms with Crippen LogP contribution in [0.3, 0.4) is 0 Å². The molecule has 0 unspecified atom stereocenters. The summed E-state index contributed by atoms with van der Waals surface area (Å²) < 4.78 is 0. The van der Waals surface area contributed by atoms with E-state index in [2.05, 4.69) is 31.4 Å². The highest BCUT2D eigenvalue weighted by Gasteiger charge is 2.19. The van der Waals surface area contributed by atoms with Gasteiger partial charge in [0.2, 0.25) is 0 Å². The van der Waals surface area contributed by atoms with Crippen molar-refractivity contribution in [2.45, 2.75) is 12.8 Å². The van der Waals surface area contributed by atoms with Crippen molar-refractivity contribution in [1.29, 1.82) is 0 Å². The minimum Gasteiger partial charge on any atom is -0.0984 e. The molecule has 70 valence electrons. The molecule has 0 spiro atoms. The summed E-state index contributed by atoms with van der Waals surface area (Å²) in [5.74, 6) is 2.17. The lowest BCUT2D eigenvalue weighted by Crippen LogP contribution is -2.11. The van der Waals surface area contributed by atoms with E-state index >= 15 is 0 Å². The van der Waals surface area contributed by atoms with Gasteiger partial charge in [-0.3, -0.25) is 0 Å². The van der Waals surface area contributed by atoms with Gasteiger partial charge in [-0.15, -0.1) is 0 Å². The van der Waals surface area contributed by atoms with Gasteiger partial charge in [-0.05, 0) is 37.1 Å². The highest BCUT2D eigenvalue weighted by molar-refractivity contribution is 8.01. The zero-order valence-corrected chi connectivity index (χ0v) is 8.85. The Kier molecular flexibility index (Phi) is 4.69. The van der Waals surface area contributed by atoms with E-state index in [1.807, 2.05) is 12.2 Å². The summed E-state index contributed by atoms with van der Waals surface area (Å²) in [5, 5.41) is 0. The van der Waals surface area contributed by atoms with Crippen molar-refractivity contribution in [3.8, 4) is 0 Å². The normalized spacial score (nSPS) is 15.6. The first kappa shape index (κ1) is 10.4. The second-order valence-electron chi connectivity index (χ2n) is 2.99. The molecule has 13 heavy (non-hydrogen) atoms. The molecule has 0 radical (unpaired) electrons. The van der Waals surface area contributed by atoms with Gasteiger partial charge in [-0.1, -0.05) is 19.2 Å². The molecular formula is C12H17S+.